The molecule has 1 aliphatic carbocycles. The molecule has 4 nitrogen and oxygen atoms in total. The molecule has 0 unspecified atom stereocenters. The molecule has 0 heterocycles. The van der Waals surface area contributed by atoms with E-state index in [1.165, 1.54) is 0 Å². The van der Waals surface area contributed by atoms with E-state index in [-0.39, 0.29) is 11.8 Å². The molecule has 15 heavy (non-hydrogen) atoms. The molecule has 0 aromatic rings. The molecule has 0 saturated heterocycles. The minimum atomic E-state index is -0.871. The van der Waals surface area contributed by atoms with E-state index in [4.69, 9.17) is 5.11 Å². The van der Waals surface area contributed by atoms with Crippen molar-refractivity contribution in [2.45, 2.75) is 27.7 Å². The zero-order chi connectivity index (χ0) is 11.8. The molecular formula is C11H19NO3. The third-order valence-electron chi connectivity index (χ3n) is 3.06. The van der Waals surface area contributed by atoms with Gasteiger partial charge >= 0.3 is 5.97 Å². The summed E-state index contributed by atoms with van der Waals surface area (Å²) in [6.07, 6.45) is 0. The van der Waals surface area contributed by atoms with Crippen LogP contribution in [0, 0.1) is 23.2 Å². The minimum absolute atomic E-state index is 0.124. The molecule has 4 heteroatoms. The first kappa shape index (κ1) is 12.0. The van der Waals surface area contributed by atoms with Gasteiger partial charge in [0.05, 0.1) is 11.8 Å². The maximum absolute atomic E-state index is 11.7. The van der Waals surface area contributed by atoms with Crippen LogP contribution >= 0.6 is 0 Å². The average Bonchev–Trinajstić information content (AvgIpc) is 2.65. The highest BCUT2D eigenvalue weighted by Gasteiger charge is 2.65. The number of carbonyl (C=O) groups excluding carboxylic acids is 1. The second-order valence-corrected chi connectivity index (χ2v) is 5.25. The lowest BCUT2D eigenvalue weighted by molar-refractivity contribution is -0.140. The molecule has 1 aliphatic rings. The summed E-state index contributed by atoms with van der Waals surface area (Å²) in [6, 6.07) is 0. The smallest absolute Gasteiger partial charge is 0.307 e. The third-order valence-corrected chi connectivity index (χ3v) is 3.06. The van der Waals surface area contributed by atoms with E-state index in [1.54, 1.807) is 0 Å². The number of amides is 1. The van der Waals surface area contributed by atoms with Gasteiger partial charge in [0.2, 0.25) is 5.91 Å². The zero-order valence-electron chi connectivity index (χ0n) is 9.70. The van der Waals surface area contributed by atoms with Crippen molar-refractivity contribution in [3.63, 3.8) is 0 Å². The van der Waals surface area contributed by atoms with Crippen LogP contribution in [0.2, 0.25) is 0 Å². The maximum Gasteiger partial charge on any atom is 0.307 e. The Hall–Kier alpha value is -1.06. The molecule has 0 aromatic carbocycles. The summed E-state index contributed by atoms with van der Waals surface area (Å²) in [5.41, 5.74) is -0.396. The summed E-state index contributed by atoms with van der Waals surface area (Å²) in [5, 5.41) is 11.7. The SMILES string of the molecule is CC(C)CNC(=O)[C@H]1[C@@H](C(=O)O)C1(C)C. The number of carboxylic acid groups (broad SMARTS) is 1. The van der Waals surface area contributed by atoms with Gasteiger partial charge in [0, 0.05) is 6.54 Å². The van der Waals surface area contributed by atoms with Crippen LogP contribution in [0.5, 0.6) is 0 Å². The lowest BCUT2D eigenvalue weighted by atomic mass is 10.1. The van der Waals surface area contributed by atoms with Crippen molar-refractivity contribution in [2.75, 3.05) is 6.54 Å². The van der Waals surface area contributed by atoms with E-state index in [0.29, 0.717) is 12.5 Å². The molecule has 2 N–H and O–H groups in total. The van der Waals surface area contributed by atoms with E-state index < -0.39 is 17.3 Å². The maximum atomic E-state index is 11.7. The Morgan fingerprint density at radius 1 is 1.33 bits per heavy atom. The summed E-state index contributed by atoms with van der Waals surface area (Å²) < 4.78 is 0. The molecule has 0 radical (unpaired) electrons. The predicted molar refractivity (Wildman–Crippen MR) is 56.2 cm³/mol. The largest absolute Gasteiger partial charge is 0.481 e. The van der Waals surface area contributed by atoms with Crippen molar-refractivity contribution in [3.8, 4) is 0 Å². The van der Waals surface area contributed by atoms with Crippen molar-refractivity contribution in [1.29, 1.82) is 0 Å². The lowest BCUT2D eigenvalue weighted by Crippen LogP contribution is -2.30. The second-order valence-electron chi connectivity index (χ2n) is 5.25. The van der Waals surface area contributed by atoms with Gasteiger partial charge in [0.15, 0.2) is 0 Å². The molecule has 1 saturated carbocycles. The van der Waals surface area contributed by atoms with Crippen molar-refractivity contribution >= 4 is 11.9 Å². The fourth-order valence-electron chi connectivity index (χ4n) is 2.00. The van der Waals surface area contributed by atoms with Crippen molar-refractivity contribution in [1.82, 2.24) is 5.32 Å². The van der Waals surface area contributed by atoms with Crippen LogP contribution < -0.4 is 5.32 Å². The van der Waals surface area contributed by atoms with Crippen LogP contribution in [0.3, 0.4) is 0 Å². The van der Waals surface area contributed by atoms with Gasteiger partial charge in [0.1, 0.15) is 0 Å². The predicted octanol–water partition coefficient (Wildman–Crippen LogP) is 1.12. The molecule has 0 aliphatic heterocycles. The van der Waals surface area contributed by atoms with E-state index in [2.05, 4.69) is 5.32 Å². The van der Waals surface area contributed by atoms with Crippen molar-refractivity contribution in [3.05, 3.63) is 0 Å². The normalized spacial score (nSPS) is 27.5. The first-order chi connectivity index (χ1) is 6.78. The van der Waals surface area contributed by atoms with Crippen LogP contribution in [-0.4, -0.2) is 23.5 Å². The quantitative estimate of drug-likeness (QED) is 0.735. The Balaban J connectivity index is 2.53. The van der Waals surface area contributed by atoms with Crippen LogP contribution in [0.15, 0.2) is 0 Å². The Morgan fingerprint density at radius 3 is 2.20 bits per heavy atom. The molecular weight excluding hydrogens is 194 g/mol. The van der Waals surface area contributed by atoms with Crippen molar-refractivity contribution < 1.29 is 14.7 Å². The van der Waals surface area contributed by atoms with E-state index in [0.717, 1.165) is 0 Å². The zero-order valence-corrected chi connectivity index (χ0v) is 9.70. The highest BCUT2D eigenvalue weighted by atomic mass is 16.4. The Kier molecular flexibility index (Phi) is 3.07. The summed E-state index contributed by atoms with van der Waals surface area (Å²) in [6.45, 7) is 8.27. The standard InChI is InChI=1S/C11H19NO3/c1-6(2)5-12-9(13)7-8(10(14)15)11(7,3)4/h6-8H,5H2,1-4H3,(H,12,13)(H,14,15)/t7-,8+/m1/s1. The van der Waals surface area contributed by atoms with Gasteiger partial charge in [-0.2, -0.15) is 0 Å². The highest BCUT2D eigenvalue weighted by Crippen LogP contribution is 2.58. The number of carbonyl (C=O) groups is 2. The first-order valence-corrected chi connectivity index (χ1v) is 5.29. The molecule has 1 amide bonds. The van der Waals surface area contributed by atoms with E-state index in [1.807, 2.05) is 27.7 Å². The number of hydrogen-bond donors (Lipinski definition) is 2. The van der Waals surface area contributed by atoms with E-state index in [9.17, 15) is 9.59 Å². The first-order valence-electron chi connectivity index (χ1n) is 5.29. The van der Waals surface area contributed by atoms with Gasteiger partial charge in [-0.15, -0.1) is 0 Å². The Labute approximate surface area is 90.0 Å². The van der Waals surface area contributed by atoms with Crippen LogP contribution in [0.4, 0.5) is 0 Å². The van der Waals surface area contributed by atoms with Gasteiger partial charge in [-0.25, -0.2) is 0 Å². The topological polar surface area (TPSA) is 66.4 Å². The van der Waals surface area contributed by atoms with Crippen LogP contribution in [0.25, 0.3) is 0 Å². The molecule has 0 spiro atoms. The number of hydrogen-bond acceptors (Lipinski definition) is 2. The minimum Gasteiger partial charge on any atom is -0.481 e. The van der Waals surface area contributed by atoms with Crippen LogP contribution in [0.1, 0.15) is 27.7 Å². The number of rotatable bonds is 4. The lowest BCUT2D eigenvalue weighted by Gasteiger charge is -2.07. The monoisotopic (exact) mass is 213 g/mol. The Bertz CT molecular complexity index is 284. The van der Waals surface area contributed by atoms with E-state index >= 15 is 0 Å². The Morgan fingerprint density at radius 2 is 1.87 bits per heavy atom. The number of nitrogens with one attached hydrogen (secondary N) is 1. The summed E-state index contributed by atoms with van der Waals surface area (Å²) >= 11 is 0. The van der Waals surface area contributed by atoms with Gasteiger partial charge in [-0.3, -0.25) is 9.59 Å². The summed E-state index contributed by atoms with van der Waals surface area (Å²) in [7, 11) is 0. The molecule has 1 fully saturated rings. The second kappa shape index (κ2) is 3.83. The fourth-order valence-corrected chi connectivity index (χ4v) is 2.00. The van der Waals surface area contributed by atoms with Crippen LogP contribution in [-0.2, 0) is 9.59 Å². The van der Waals surface area contributed by atoms with Gasteiger partial charge in [-0.1, -0.05) is 27.7 Å². The molecule has 86 valence electrons. The fraction of sp³-hybridized carbons (Fsp3) is 0.818. The average molecular weight is 213 g/mol. The third kappa shape index (κ3) is 2.30. The molecule has 0 bridgehead atoms. The molecule has 1 rings (SSSR count). The van der Waals surface area contributed by atoms with Gasteiger partial charge in [-0.05, 0) is 11.3 Å². The summed E-state index contributed by atoms with van der Waals surface area (Å²) in [5.74, 6) is -1.50. The summed E-state index contributed by atoms with van der Waals surface area (Å²) in [4.78, 5) is 22.5. The molecule has 2 atom stereocenters. The van der Waals surface area contributed by atoms with Gasteiger partial charge < -0.3 is 10.4 Å². The molecule has 0 aromatic heterocycles. The van der Waals surface area contributed by atoms with Crippen molar-refractivity contribution in [2.24, 2.45) is 23.2 Å². The number of aliphatic carboxylic acids is 1. The highest BCUT2D eigenvalue weighted by molar-refractivity contribution is 5.91. The number of carboxylic acids is 1. The van der Waals surface area contributed by atoms with Gasteiger partial charge in [0.25, 0.3) is 0 Å².